The molecule has 1 aliphatic rings. The van der Waals surface area contributed by atoms with Gasteiger partial charge in [-0.2, -0.15) is 8.78 Å². The number of aliphatic imine (C=N–C) groups is 1. The summed E-state index contributed by atoms with van der Waals surface area (Å²) in [6.07, 6.45) is -1.34. The fourth-order valence-electron chi connectivity index (χ4n) is 3.63. The van der Waals surface area contributed by atoms with Crippen LogP contribution < -0.4 is 9.80 Å². The molecule has 158 valence electrons. The van der Waals surface area contributed by atoms with E-state index < -0.39 is 35.3 Å². The predicted octanol–water partition coefficient (Wildman–Crippen LogP) is 4.08. The summed E-state index contributed by atoms with van der Waals surface area (Å²) in [6.45, 7) is 1.23. The zero-order valence-electron chi connectivity index (χ0n) is 17.1. The van der Waals surface area contributed by atoms with Gasteiger partial charge < -0.3 is 9.80 Å². The highest BCUT2D eigenvalue weighted by Crippen LogP contribution is 2.32. The van der Waals surface area contributed by atoms with Crippen molar-refractivity contribution in [3.63, 3.8) is 0 Å². The molecular formula is C23H19F3N4O. The number of halogens is 3. The van der Waals surface area contributed by atoms with E-state index in [1.165, 1.54) is 18.9 Å². The topological polar surface area (TPSA) is 48.8 Å². The Morgan fingerprint density at radius 1 is 0.968 bits per heavy atom. The van der Waals surface area contributed by atoms with Gasteiger partial charge in [-0.25, -0.2) is 14.4 Å². The van der Waals surface area contributed by atoms with Crippen molar-refractivity contribution in [1.82, 2.24) is 4.98 Å². The van der Waals surface area contributed by atoms with Crippen LogP contribution in [0.1, 0.15) is 16.8 Å². The lowest BCUT2D eigenvalue weighted by molar-refractivity contribution is -0.119. The molecule has 0 saturated carbocycles. The predicted molar refractivity (Wildman–Crippen MR) is 113 cm³/mol. The van der Waals surface area contributed by atoms with Gasteiger partial charge >= 0.3 is 0 Å². The Morgan fingerprint density at radius 2 is 1.61 bits per heavy atom. The fourth-order valence-corrected chi connectivity index (χ4v) is 3.63. The van der Waals surface area contributed by atoms with Crippen LogP contribution in [0.2, 0.25) is 0 Å². The number of carbonyl (C=O) groups excluding carboxylic acids is 1. The molecule has 1 aliphatic heterocycles. The first-order chi connectivity index (χ1) is 14.8. The van der Waals surface area contributed by atoms with Crippen LogP contribution in [0.5, 0.6) is 0 Å². The van der Waals surface area contributed by atoms with E-state index in [2.05, 4.69) is 9.98 Å². The van der Waals surface area contributed by atoms with Gasteiger partial charge in [-0.15, -0.1) is 0 Å². The molecule has 0 saturated heterocycles. The summed E-state index contributed by atoms with van der Waals surface area (Å²) < 4.78 is 43.3. The van der Waals surface area contributed by atoms with Crippen LogP contribution in [0.15, 0.2) is 59.6 Å². The Hall–Kier alpha value is -3.68. The van der Waals surface area contributed by atoms with Crippen molar-refractivity contribution in [2.45, 2.75) is 13.1 Å². The van der Waals surface area contributed by atoms with Gasteiger partial charge in [0, 0.05) is 25.2 Å². The monoisotopic (exact) mass is 424 g/mol. The van der Waals surface area contributed by atoms with Crippen molar-refractivity contribution < 1.29 is 18.0 Å². The number of aromatic nitrogens is 1. The maximum absolute atomic E-state index is 14.8. The number of para-hydroxylation sites is 1. The summed E-state index contributed by atoms with van der Waals surface area (Å²) >= 11 is 0. The van der Waals surface area contributed by atoms with Gasteiger partial charge in [0.05, 0.1) is 17.1 Å². The zero-order chi connectivity index (χ0) is 22.3. The minimum Gasteiger partial charge on any atom is -0.340 e. The number of pyridine rings is 1. The Kier molecular flexibility index (Phi) is 5.22. The van der Waals surface area contributed by atoms with Crippen LogP contribution in [0.4, 0.5) is 24.5 Å². The van der Waals surface area contributed by atoms with Crippen LogP contribution in [0.25, 0.3) is 0 Å². The highest BCUT2D eigenvalue weighted by molar-refractivity contribution is 6.20. The van der Waals surface area contributed by atoms with Crippen molar-refractivity contribution in [2.24, 2.45) is 4.99 Å². The molecule has 31 heavy (non-hydrogen) atoms. The van der Waals surface area contributed by atoms with Crippen molar-refractivity contribution in [1.29, 1.82) is 0 Å². The first kappa shape index (κ1) is 20.6. The van der Waals surface area contributed by atoms with E-state index in [0.29, 0.717) is 17.0 Å². The zero-order valence-corrected chi connectivity index (χ0v) is 17.1. The molecule has 5 nitrogen and oxygen atoms in total. The van der Waals surface area contributed by atoms with Gasteiger partial charge in [-0.3, -0.25) is 4.79 Å². The maximum Gasteiger partial charge on any atom is 0.272 e. The van der Waals surface area contributed by atoms with Crippen molar-refractivity contribution >= 4 is 23.0 Å². The van der Waals surface area contributed by atoms with Crippen LogP contribution >= 0.6 is 0 Å². The Bertz CT molecular complexity index is 1170. The number of nitrogens with zero attached hydrogens (tertiary/aromatic N) is 4. The molecule has 0 spiro atoms. The molecule has 2 aromatic carbocycles. The SMILES string of the molecule is Cc1nc(F)c(F)c(N(C)C2N=C(c3ccccc3)c3ccccc3N(C)C2=O)c1F. The summed E-state index contributed by atoms with van der Waals surface area (Å²) in [5.41, 5.74) is 1.50. The van der Waals surface area contributed by atoms with Crippen molar-refractivity contribution in [3.05, 3.63) is 89.0 Å². The quantitative estimate of drug-likeness (QED) is 0.596. The third-order valence-electron chi connectivity index (χ3n) is 5.27. The van der Waals surface area contributed by atoms with Gasteiger partial charge in [-0.1, -0.05) is 48.5 Å². The van der Waals surface area contributed by atoms with Gasteiger partial charge in [-0.05, 0) is 13.0 Å². The molecule has 0 radical (unpaired) electrons. The second-order valence-corrected chi connectivity index (χ2v) is 7.21. The molecule has 0 N–H and O–H groups in total. The fraction of sp³-hybridized carbons (Fsp3) is 0.174. The second kappa shape index (κ2) is 7.86. The third kappa shape index (κ3) is 3.43. The van der Waals surface area contributed by atoms with E-state index in [0.717, 1.165) is 10.5 Å². The molecule has 0 aliphatic carbocycles. The number of hydrogen-bond acceptors (Lipinski definition) is 4. The average molecular weight is 424 g/mol. The van der Waals surface area contributed by atoms with E-state index in [9.17, 15) is 18.0 Å². The summed E-state index contributed by atoms with van der Waals surface area (Å²) in [7, 11) is 2.87. The maximum atomic E-state index is 14.8. The first-order valence-corrected chi connectivity index (χ1v) is 9.55. The average Bonchev–Trinajstić information content (AvgIpc) is 2.88. The lowest BCUT2D eigenvalue weighted by Gasteiger charge is -2.29. The molecule has 4 rings (SSSR count). The Balaban J connectivity index is 1.94. The van der Waals surface area contributed by atoms with E-state index >= 15 is 0 Å². The summed E-state index contributed by atoms with van der Waals surface area (Å²) in [5.74, 6) is -4.48. The van der Waals surface area contributed by atoms with E-state index in [4.69, 9.17) is 0 Å². The van der Waals surface area contributed by atoms with E-state index in [-0.39, 0.29) is 5.69 Å². The highest BCUT2D eigenvalue weighted by atomic mass is 19.2. The number of fused-ring (bicyclic) bond motifs is 1. The summed E-state index contributed by atoms with van der Waals surface area (Å²) in [5, 5.41) is 0. The van der Waals surface area contributed by atoms with Crippen LogP contribution in [0.3, 0.4) is 0 Å². The summed E-state index contributed by atoms with van der Waals surface area (Å²) in [6, 6.07) is 16.4. The minimum absolute atomic E-state index is 0.314. The Morgan fingerprint density at radius 3 is 2.32 bits per heavy atom. The summed E-state index contributed by atoms with van der Waals surface area (Å²) in [4.78, 5) is 23.6. The second-order valence-electron chi connectivity index (χ2n) is 7.21. The first-order valence-electron chi connectivity index (χ1n) is 9.55. The lowest BCUT2D eigenvalue weighted by Crippen LogP contribution is -2.45. The molecule has 0 fully saturated rings. The Labute approximate surface area is 177 Å². The number of benzodiazepines with no additional fused rings is 1. The van der Waals surface area contributed by atoms with Crippen LogP contribution in [-0.4, -0.2) is 36.9 Å². The van der Waals surface area contributed by atoms with Gasteiger partial charge in [0.25, 0.3) is 11.9 Å². The number of rotatable bonds is 3. The van der Waals surface area contributed by atoms with Crippen molar-refractivity contribution in [2.75, 3.05) is 23.9 Å². The van der Waals surface area contributed by atoms with Crippen LogP contribution in [-0.2, 0) is 4.79 Å². The molecule has 3 aromatic rings. The van der Waals surface area contributed by atoms with Gasteiger partial charge in [0.1, 0.15) is 5.69 Å². The number of aryl methyl sites for hydroxylation is 1. The largest absolute Gasteiger partial charge is 0.340 e. The highest BCUT2D eigenvalue weighted by Gasteiger charge is 2.35. The molecular weight excluding hydrogens is 405 g/mol. The molecule has 0 bridgehead atoms. The van der Waals surface area contributed by atoms with Crippen LogP contribution in [0, 0.1) is 24.5 Å². The molecule has 8 heteroatoms. The number of likely N-dealkylation sites (N-methyl/N-ethyl adjacent to an activating group) is 2. The molecule has 2 heterocycles. The lowest BCUT2D eigenvalue weighted by atomic mass is 10.0. The standard InChI is InChI=1S/C23H19F3N4O/c1-13-17(24)20(18(25)21(26)27-13)30(3)22-23(31)29(2)16-12-8-7-11-15(16)19(28-22)14-9-5-4-6-10-14/h4-12,22H,1-3H3. The normalized spacial score (nSPS) is 15.9. The van der Waals surface area contributed by atoms with Crippen molar-refractivity contribution in [3.8, 4) is 0 Å². The van der Waals surface area contributed by atoms with E-state index in [1.807, 2.05) is 42.5 Å². The minimum atomic E-state index is -1.47. The number of hydrogen-bond donors (Lipinski definition) is 0. The number of anilines is 2. The number of amides is 1. The molecule has 1 aromatic heterocycles. The number of benzene rings is 2. The third-order valence-corrected chi connectivity index (χ3v) is 5.27. The van der Waals surface area contributed by atoms with Gasteiger partial charge in [0.15, 0.2) is 5.82 Å². The molecule has 1 unspecified atom stereocenters. The number of carbonyl (C=O) groups is 1. The molecule has 1 atom stereocenters. The smallest absolute Gasteiger partial charge is 0.272 e. The molecule has 1 amide bonds. The van der Waals surface area contributed by atoms with E-state index in [1.54, 1.807) is 19.2 Å². The van der Waals surface area contributed by atoms with Gasteiger partial charge in [0.2, 0.25) is 12.0 Å².